The van der Waals surface area contributed by atoms with E-state index in [1.807, 2.05) is 51.1 Å². The first-order valence-electron chi connectivity index (χ1n) is 10.1. The molecule has 0 radical (unpaired) electrons. The SMILES string of the molecule is CC(C)(C)C(O)c1ccc([C@@H]2[C@@H](C/C=C\CCCC(=O)O)[C@H](Cl)C[C@H]2O)cc1. The third-order valence-electron chi connectivity index (χ3n) is 5.60. The molecular weight excluding hydrogens is 376 g/mol. The maximum absolute atomic E-state index is 10.6. The largest absolute Gasteiger partial charge is 0.481 e. The van der Waals surface area contributed by atoms with Crippen molar-refractivity contribution in [1.29, 1.82) is 0 Å². The monoisotopic (exact) mass is 408 g/mol. The first-order chi connectivity index (χ1) is 13.1. The molecule has 28 heavy (non-hydrogen) atoms. The van der Waals surface area contributed by atoms with Gasteiger partial charge in [-0.1, -0.05) is 57.2 Å². The highest BCUT2D eigenvalue weighted by atomic mass is 35.5. The van der Waals surface area contributed by atoms with Crippen molar-refractivity contribution in [2.45, 2.75) is 76.4 Å². The van der Waals surface area contributed by atoms with Crippen LogP contribution < -0.4 is 0 Å². The number of carboxylic acid groups (broad SMARTS) is 1. The zero-order valence-corrected chi connectivity index (χ0v) is 17.8. The molecule has 0 bridgehead atoms. The molecule has 0 amide bonds. The Hall–Kier alpha value is -1.36. The fourth-order valence-electron chi connectivity index (χ4n) is 3.97. The van der Waals surface area contributed by atoms with Crippen LogP contribution in [0.4, 0.5) is 0 Å². The number of hydrogen-bond donors (Lipinski definition) is 3. The third-order valence-corrected chi connectivity index (χ3v) is 6.10. The van der Waals surface area contributed by atoms with Crippen molar-refractivity contribution in [1.82, 2.24) is 0 Å². The van der Waals surface area contributed by atoms with Crippen molar-refractivity contribution in [3.8, 4) is 0 Å². The number of aliphatic hydroxyl groups is 2. The van der Waals surface area contributed by atoms with Crippen LogP contribution in [0.1, 0.15) is 76.0 Å². The Morgan fingerprint density at radius 2 is 1.89 bits per heavy atom. The Balaban J connectivity index is 2.05. The van der Waals surface area contributed by atoms with Gasteiger partial charge in [0.1, 0.15) is 0 Å². The lowest BCUT2D eigenvalue weighted by molar-refractivity contribution is -0.137. The molecular formula is C23H33ClO4. The normalized spacial score (nSPS) is 26.6. The third kappa shape index (κ3) is 6.07. The van der Waals surface area contributed by atoms with Crippen LogP contribution in [-0.2, 0) is 4.79 Å². The molecule has 2 rings (SSSR count). The number of rotatable bonds is 8. The Morgan fingerprint density at radius 3 is 2.46 bits per heavy atom. The standard InChI is InChI=1S/C23H33ClO4/c1-23(2,3)22(28)16-12-10-15(11-13-16)21-17(18(24)14-19(21)25)8-6-4-5-7-9-20(26)27/h4,6,10-13,17-19,21-22,25,28H,5,7-9,14H2,1-3H3,(H,26,27)/b6-4-/t17-,18+,19+,21+,22?/m0/s1. The van der Waals surface area contributed by atoms with Crippen LogP contribution in [0.25, 0.3) is 0 Å². The second kappa shape index (κ2) is 9.91. The summed E-state index contributed by atoms with van der Waals surface area (Å²) in [4.78, 5) is 10.6. The lowest BCUT2D eigenvalue weighted by Gasteiger charge is -2.27. The van der Waals surface area contributed by atoms with Gasteiger partial charge in [0.25, 0.3) is 0 Å². The van der Waals surface area contributed by atoms with Gasteiger partial charge in [-0.3, -0.25) is 4.79 Å². The van der Waals surface area contributed by atoms with E-state index in [1.54, 1.807) is 0 Å². The molecule has 4 nitrogen and oxygen atoms in total. The van der Waals surface area contributed by atoms with Crippen molar-refractivity contribution in [2.24, 2.45) is 11.3 Å². The number of halogens is 1. The van der Waals surface area contributed by atoms with E-state index in [9.17, 15) is 15.0 Å². The van der Waals surface area contributed by atoms with Gasteiger partial charge in [-0.2, -0.15) is 0 Å². The van der Waals surface area contributed by atoms with Crippen molar-refractivity contribution in [3.63, 3.8) is 0 Å². The quantitative estimate of drug-likeness (QED) is 0.320. The first kappa shape index (κ1) is 22.9. The number of unbranched alkanes of at least 4 members (excludes halogenated alkanes) is 1. The number of carboxylic acids is 1. The summed E-state index contributed by atoms with van der Waals surface area (Å²) in [6.45, 7) is 6.01. The molecule has 5 atom stereocenters. The van der Waals surface area contributed by atoms with Crippen molar-refractivity contribution in [2.75, 3.05) is 0 Å². The van der Waals surface area contributed by atoms with Crippen LogP contribution in [-0.4, -0.2) is 32.8 Å². The fourth-order valence-corrected chi connectivity index (χ4v) is 4.41. The van der Waals surface area contributed by atoms with Gasteiger partial charge in [0.05, 0.1) is 12.2 Å². The second-order valence-corrected chi connectivity index (χ2v) is 9.50. The maximum Gasteiger partial charge on any atom is 0.303 e. The summed E-state index contributed by atoms with van der Waals surface area (Å²) in [5.74, 6) is -0.675. The van der Waals surface area contributed by atoms with E-state index >= 15 is 0 Å². The van der Waals surface area contributed by atoms with Crippen LogP contribution in [0.15, 0.2) is 36.4 Å². The van der Waals surface area contributed by atoms with E-state index in [1.165, 1.54) is 0 Å². The summed E-state index contributed by atoms with van der Waals surface area (Å²) in [5.41, 5.74) is 1.69. The Morgan fingerprint density at radius 1 is 1.25 bits per heavy atom. The molecule has 1 unspecified atom stereocenters. The second-order valence-electron chi connectivity index (χ2n) is 8.94. The topological polar surface area (TPSA) is 77.8 Å². The number of alkyl halides is 1. The van der Waals surface area contributed by atoms with E-state index in [0.717, 1.165) is 24.0 Å². The predicted octanol–water partition coefficient (Wildman–Crippen LogP) is 5.04. The number of aliphatic carboxylic acids is 1. The molecule has 0 spiro atoms. The number of allylic oxidation sites excluding steroid dienone is 2. The van der Waals surface area contributed by atoms with Crippen molar-refractivity contribution >= 4 is 17.6 Å². The zero-order chi connectivity index (χ0) is 20.9. The van der Waals surface area contributed by atoms with Crippen molar-refractivity contribution < 1.29 is 20.1 Å². The van der Waals surface area contributed by atoms with Gasteiger partial charge in [0.15, 0.2) is 0 Å². The number of aliphatic hydroxyl groups excluding tert-OH is 2. The van der Waals surface area contributed by atoms with Gasteiger partial charge in [-0.05, 0) is 48.1 Å². The summed E-state index contributed by atoms with van der Waals surface area (Å²) >= 11 is 6.53. The van der Waals surface area contributed by atoms with Gasteiger partial charge in [0.2, 0.25) is 0 Å². The molecule has 1 aromatic carbocycles. The molecule has 1 saturated carbocycles. The smallest absolute Gasteiger partial charge is 0.303 e. The highest BCUT2D eigenvalue weighted by Gasteiger charge is 2.41. The van der Waals surface area contributed by atoms with E-state index in [-0.39, 0.29) is 29.0 Å². The Bertz CT molecular complexity index is 662. The van der Waals surface area contributed by atoms with E-state index < -0.39 is 18.2 Å². The van der Waals surface area contributed by atoms with Gasteiger partial charge in [-0.15, -0.1) is 11.6 Å². The fraction of sp³-hybridized carbons (Fsp3) is 0.609. The van der Waals surface area contributed by atoms with E-state index in [4.69, 9.17) is 16.7 Å². The van der Waals surface area contributed by atoms with Gasteiger partial charge >= 0.3 is 5.97 Å². The predicted molar refractivity (Wildman–Crippen MR) is 113 cm³/mol. The zero-order valence-electron chi connectivity index (χ0n) is 17.0. The summed E-state index contributed by atoms with van der Waals surface area (Å²) in [5, 5.41) is 29.6. The van der Waals surface area contributed by atoms with Gasteiger partial charge in [0, 0.05) is 17.7 Å². The summed E-state index contributed by atoms with van der Waals surface area (Å²) in [7, 11) is 0. The number of benzene rings is 1. The summed E-state index contributed by atoms with van der Waals surface area (Å²) in [6, 6.07) is 7.88. The average Bonchev–Trinajstić information content (AvgIpc) is 2.90. The minimum absolute atomic E-state index is 0.0352. The molecule has 1 aliphatic rings. The van der Waals surface area contributed by atoms with Crippen molar-refractivity contribution in [3.05, 3.63) is 47.5 Å². The van der Waals surface area contributed by atoms with Gasteiger partial charge < -0.3 is 15.3 Å². The Labute approximate surface area is 173 Å². The lowest BCUT2D eigenvalue weighted by atomic mass is 9.82. The molecule has 1 aliphatic carbocycles. The molecule has 3 N–H and O–H groups in total. The molecule has 1 fully saturated rings. The molecule has 1 aromatic rings. The first-order valence-corrected chi connectivity index (χ1v) is 10.5. The van der Waals surface area contributed by atoms with Crippen LogP contribution in [0.2, 0.25) is 0 Å². The maximum atomic E-state index is 10.6. The molecule has 0 aliphatic heterocycles. The van der Waals surface area contributed by atoms with Crippen LogP contribution in [0.5, 0.6) is 0 Å². The highest BCUT2D eigenvalue weighted by molar-refractivity contribution is 6.21. The molecule has 156 valence electrons. The van der Waals surface area contributed by atoms with Gasteiger partial charge in [-0.25, -0.2) is 0 Å². The average molecular weight is 409 g/mol. The van der Waals surface area contributed by atoms with Crippen LogP contribution >= 0.6 is 11.6 Å². The lowest BCUT2D eigenvalue weighted by Crippen LogP contribution is -2.20. The number of carbonyl (C=O) groups is 1. The minimum Gasteiger partial charge on any atom is -0.481 e. The molecule has 0 saturated heterocycles. The summed E-state index contributed by atoms with van der Waals surface area (Å²) < 4.78 is 0. The number of hydrogen-bond acceptors (Lipinski definition) is 3. The molecule has 5 heteroatoms. The molecule has 0 aromatic heterocycles. The van der Waals surface area contributed by atoms with Crippen LogP contribution in [0, 0.1) is 11.3 Å². The Kier molecular flexibility index (Phi) is 8.11. The highest BCUT2D eigenvalue weighted by Crippen LogP contribution is 2.45. The minimum atomic E-state index is -0.770. The van der Waals surface area contributed by atoms with E-state index in [2.05, 4.69) is 6.08 Å². The van der Waals surface area contributed by atoms with Crippen LogP contribution in [0.3, 0.4) is 0 Å². The van der Waals surface area contributed by atoms with E-state index in [0.29, 0.717) is 12.8 Å². The molecule has 0 heterocycles. The summed E-state index contributed by atoms with van der Waals surface area (Å²) in [6.07, 6.45) is 5.92.